The van der Waals surface area contributed by atoms with Crippen LogP contribution in [0.2, 0.25) is 0 Å². The molecule has 4 aromatic rings. The van der Waals surface area contributed by atoms with Crippen LogP contribution in [-0.4, -0.2) is 15.4 Å². The van der Waals surface area contributed by atoms with E-state index in [1.54, 1.807) is 11.8 Å². The lowest BCUT2D eigenvalue weighted by atomic mass is 10.1. The number of hydrogen-bond acceptors (Lipinski definition) is 6. The highest BCUT2D eigenvalue weighted by atomic mass is 32.2. The van der Waals surface area contributed by atoms with E-state index in [9.17, 15) is 0 Å². The fraction of sp³-hybridized carbons (Fsp3) is 0.227. The summed E-state index contributed by atoms with van der Waals surface area (Å²) in [6.45, 7) is 8.24. The maximum absolute atomic E-state index is 5.95. The van der Waals surface area contributed by atoms with Crippen LogP contribution >= 0.6 is 11.8 Å². The molecular weight excluding hydrogens is 370 g/mol. The number of hydrogen-bond donors (Lipinski definition) is 0. The normalized spacial score (nSPS) is 11.1. The molecule has 4 rings (SSSR count). The van der Waals surface area contributed by atoms with Crippen molar-refractivity contribution in [3.8, 4) is 22.7 Å². The Balaban J connectivity index is 1.59. The van der Waals surface area contributed by atoms with Crippen LogP contribution in [0, 0.1) is 27.7 Å². The molecule has 0 saturated carbocycles. The van der Waals surface area contributed by atoms with Crippen molar-refractivity contribution in [3.63, 3.8) is 0 Å². The van der Waals surface area contributed by atoms with Gasteiger partial charge in [0.2, 0.25) is 5.89 Å². The van der Waals surface area contributed by atoms with Crippen molar-refractivity contribution < 1.29 is 8.94 Å². The van der Waals surface area contributed by atoms with Gasteiger partial charge in [-0.05, 0) is 38.8 Å². The Morgan fingerprint density at radius 2 is 1.64 bits per heavy atom. The first-order chi connectivity index (χ1) is 13.5. The molecule has 0 aliphatic heterocycles. The molecule has 2 heterocycles. The molecule has 2 aromatic heterocycles. The molecule has 0 amide bonds. The first-order valence-electron chi connectivity index (χ1n) is 9.08. The van der Waals surface area contributed by atoms with Gasteiger partial charge in [-0.1, -0.05) is 53.2 Å². The molecule has 0 saturated heterocycles. The molecular formula is C22H21N3O2S. The molecule has 0 atom stereocenters. The van der Waals surface area contributed by atoms with E-state index in [-0.39, 0.29) is 0 Å². The lowest BCUT2D eigenvalue weighted by Gasteiger charge is -2.09. The van der Waals surface area contributed by atoms with E-state index in [0.717, 1.165) is 11.1 Å². The molecule has 0 aliphatic rings. The van der Waals surface area contributed by atoms with Crippen LogP contribution in [0.15, 0.2) is 56.3 Å². The molecule has 28 heavy (non-hydrogen) atoms. The van der Waals surface area contributed by atoms with Gasteiger partial charge in [0.25, 0.3) is 5.89 Å². The van der Waals surface area contributed by atoms with E-state index in [4.69, 9.17) is 8.94 Å². The Morgan fingerprint density at radius 3 is 2.36 bits per heavy atom. The number of nitrogens with zero attached hydrogens (tertiary/aromatic N) is 3. The number of aromatic nitrogens is 3. The Morgan fingerprint density at radius 1 is 0.929 bits per heavy atom. The fourth-order valence-electron chi connectivity index (χ4n) is 3.36. The van der Waals surface area contributed by atoms with Crippen molar-refractivity contribution in [2.45, 2.75) is 38.3 Å². The summed E-state index contributed by atoms with van der Waals surface area (Å²) in [5.74, 6) is 2.29. The third kappa shape index (κ3) is 3.60. The van der Waals surface area contributed by atoms with Crippen molar-refractivity contribution in [3.05, 3.63) is 70.8 Å². The maximum atomic E-state index is 5.95. The monoisotopic (exact) mass is 391 g/mol. The van der Waals surface area contributed by atoms with E-state index < -0.39 is 0 Å². The van der Waals surface area contributed by atoms with Crippen LogP contribution in [0.4, 0.5) is 0 Å². The zero-order valence-electron chi connectivity index (χ0n) is 16.3. The minimum atomic E-state index is 0.436. The van der Waals surface area contributed by atoms with Crippen LogP contribution in [-0.2, 0) is 5.75 Å². The van der Waals surface area contributed by atoms with Crippen LogP contribution in [0.3, 0.4) is 0 Å². The lowest BCUT2D eigenvalue weighted by Crippen LogP contribution is -1.89. The van der Waals surface area contributed by atoms with E-state index in [2.05, 4.69) is 48.3 Å². The Bertz CT molecular complexity index is 1090. The molecule has 0 aliphatic carbocycles. The first-order valence-corrected chi connectivity index (χ1v) is 10.1. The Labute approximate surface area is 168 Å². The minimum absolute atomic E-state index is 0.436. The zero-order chi connectivity index (χ0) is 19.7. The van der Waals surface area contributed by atoms with E-state index >= 15 is 0 Å². The third-order valence-corrected chi connectivity index (χ3v) is 5.86. The summed E-state index contributed by atoms with van der Waals surface area (Å²) in [5.41, 5.74) is 6.22. The minimum Gasteiger partial charge on any atom is -0.420 e. The van der Waals surface area contributed by atoms with Gasteiger partial charge in [-0.25, -0.2) is 0 Å². The second-order valence-electron chi connectivity index (χ2n) is 6.85. The van der Waals surface area contributed by atoms with E-state index in [1.165, 1.54) is 21.6 Å². The first kappa shape index (κ1) is 18.5. The molecule has 6 heteroatoms. The van der Waals surface area contributed by atoms with Gasteiger partial charge in [0.15, 0.2) is 0 Å². The summed E-state index contributed by atoms with van der Waals surface area (Å²) in [4.78, 5) is 1.26. The highest BCUT2D eigenvalue weighted by Crippen LogP contribution is 2.35. The Hall–Kier alpha value is -2.86. The highest BCUT2D eigenvalue weighted by Gasteiger charge is 2.22. The summed E-state index contributed by atoms with van der Waals surface area (Å²) < 4.78 is 11.4. The summed E-state index contributed by atoms with van der Waals surface area (Å²) in [6.07, 6.45) is 0. The molecule has 0 fully saturated rings. The summed E-state index contributed by atoms with van der Waals surface area (Å²) in [5, 5.41) is 12.7. The van der Waals surface area contributed by atoms with E-state index in [1.807, 2.05) is 37.3 Å². The number of aryl methyl sites for hydroxylation is 4. The molecule has 5 nitrogen and oxygen atoms in total. The summed E-state index contributed by atoms with van der Waals surface area (Å²) in [7, 11) is 0. The van der Waals surface area contributed by atoms with Crippen LogP contribution in [0.25, 0.3) is 22.7 Å². The molecule has 0 spiro atoms. The van der Waals surface area contributed by atoms with Gasteiger partial charge in [-0.3, -0.25) is 0 Å². The largest absolute Gasteiger partial charge is 0.420 e. The van der Waals surface area contributed by atoms with Crippen molar-refractivity contribution in [2.24, 2.45) is 0 Å². The summed E-state index contributed by atoms with van der Waals surface area (Å²) in [6, 6.07) is 14.2. The summed E-state index contributed by atoms with van der Waals surface area (Å²) >= 11 is 1.72. The number of rotatable bonds is 5. The van der Waals surface area contributed by atoms with Crippen molar-refractivity contribution in [2.75, 3.05) is 0 Å². The van der Waals surface area contributed by atoms with Crippen molar-refractivity contribution in [1.29, 1.82) is 0 Å². The van der Waals surface area contributed by atoms with Crippen LogP contribution in [0.5, 0.6) is 0 Å². The van der Waals surface area contributed by atoms with E-state index in [0.29, 0.717) is 29.0 Å². The van der Waals surface area contributed by atoms with Gasteiger partial charge in [0.05, 0.1) is 5.75 Å². The lowest BCUT2D eigenvalue weighted by molar-refractivity contribution is 0.399. The molecule has 0 N–H and O–H groups in total. The van der Waals surface area contributed by atoms with Gasteiger partial charge < -0.3 is 8.94 Å². The van der Waals surface area contributed by atoms with Crippen LogP contribution in [0.1, 0.15) is 28.3 Å². The van der Waals surface area contributed by atoms with Gasteiger partial charge in [-0.2, -0.15) is 0 Å². The van der Waals surface area contributed by atoms with Gasteiger partial charge in [0, 0.05) is 10.5 Å². The standard InChI is InChI=1S/C22H21N3O2S/c1-13-10-14(2)21(15(3)11-13)28-12-18-23-24-22(26-18)19-16(4)27-25-20(19)17-8-6-5-7-9-17/h5-11H,12H2,1-4H3. The fourth-order valence-corrected chi connectivity index (χ4v) is 4.32. The average Bonchev–Trinajstić information content (AvgIpc) is 3.28. The third-order valence-electron chi connectivity index (χ3n) is 4.54. The van der Waals surface area contributed by atoms with Crippen molar-refractivity contribution in [1.82, 2.24) is 15.4 Å². The average molecular weight is 391 g/mol. The smallest absolute Gasteiger partial charge is 0.253 e. The number of thioether (sulfide) groups is 1. The SMILES string of the molecule is Cc1cc(C)c(SCc2nnc(-c3c(-c4ccccc4)noc3C)o2)c(C)c1. The van der Waals surface area contributed by atoms with Crippen LogP contribution < -0.4 is 0 Å². The predicted molar refractivity (Wildman–Crippen MR) is 110 cm³/mol. The quantitative estimate of drug-likeness (QED) is 0.394. The molecule has 0 unspecified atom stereocenters. The van der Waals surface area contributed by atoms with Crippen molar-refractivity contribution >= 4 is 11.8 Å². The highest BCUT2D eigenvalue weighted by molar-refractivity contribution is 7.98. The Kier molecular flexibility index (Phi) is 5.05. The maximum Gasteiger partial charge on any atom is 0.253 e. The molecule has 2 aromatic carbocycles. The zero-order valence-corrected chi connectivity index (χ0v) is 17.1. The molecule has 0 radical (unpaired) electrons. The van der Waals surface area contributed by atoms with Gasteiger partial charge in [-0.15, -0.1) is 22.0 Å². The predicted octanol–water partition coefficient (Wildman–Crippen LogP) is 5.92. The molecule has 142 valence electrons. The molecule has 0 bridgehead atoms. The topological polar surface area (TPSA) is 65.0 Å². The van der Waals surface area contributed by atoms with Gasteiger partial charge in [0.1, 0.15) is 17.0 Å². The second-order valence-corrected chi connectivity index (χ2v) is 7.83. The van der Waals surface area contributed by atoms with Gasteiger partial charge >= 0.3 is 0 Å². The second kappa shape index (κ2) is 7.64. The number of benzene rings is 2.